The number of aryl methyl sites for hydroxylation is 1. The van der Waals surface area contributed by atoms with Crippen molar-refractivity contribution >= 4 is 5.91 Å². The SMILES string of the molecule is CCCCN(C)C(=O)c1oncc1C. The molecule has 4 heteroatoms. The second-order valence-electron chi connectivity index (χ2n) is 3.42. The van der Waals surface area contributed by atoms with Crippen molar-refractivity contribution in [3.8, 4) is 0 Å². The predicted octanol–water partition coefficient (Wildman–Crippen LogP) is 1.86. The maximum absolute atomic E-state index is 11.7. The Kier molecular flexibility index (Phi) is 3.68. The van der Waals surface area contributed by atoms with Crippen LogP contribution in [0.5, 0.6) is 0 Å². The van der Waals surface area contributed by atoms with Crippen LogP contribution in [0.2, 0.25) is 0 Å². The first-order valence-corrected chi connectivity index (χ1v) is 4.83. The Morgan fingerprint density at radius 1 is 1.64 bits per heavy atom. The number of rotatable bonds is 4. The standard InChI is InChI=1S/C10H16N2O2/c1-4-5-6-12(3)10(13)9-8(2)7-11-14-9/h7H,4-6H2,1-3H3. The van der Waals surface area contributed by atoms with Gasteiger partial charge in [-0.3, -0.25) is 4.79 Å². The highest BCUT2D eigenvalue weighted by Crippen LogP contribution is 2.09. The van der Waals surface area contributed by atoms with Crippen molar-refractivity contribution in [2.75, 3.05) is 13.6 Å². The molecule has 0 unspecified atom stereocenters. The first-order valence-electron chi connectivity index (χ1n) is 4.83. The average Bonchev–Trinajstić information content (AvgIpc) is 2.59. The summed E-state index contributed by atoms with van der Waals surface area (Å²) >= 11 is 0. The summed E-state index contributed by atoms with van der Waals surface area (Å²) in [5.74, 6) is 0.261. The smallest absolute Gasteiger partial charge is 0.292 e. The van der Waals surface area contributed by atoms with Crippen molar-refractivity contribution in [2.24, 2.45) is 0 Å². The topological polar surface area (TPSA) is 46.3 Å². The normalized spacial score (nSPS) is 10.2. The predicted molar refractivity (Wildman–Crippen MR) is 53.1 cm³/mol. The fraction of sp³-hybridized carbons (Fsp3) is 0.600. The third-order valence-corrected chi connectivity index (χ3v) is 2.14. The van der Waals surface area contributed by atoms with Gasteiger partial charge in [0.15, 0.2) is 0 Å². The van der Waals surface area contributed by atoms with Crippen LogP contribution in [0.15, 0.2) is 10.7 Å². The van der Waals surface area contributed by atoms with Crippen LogP contribution in [0.1, 0.15) is 35.9 Å². The number of unbranched alkanes of at least 4 members (excludes halogenated alkanes) is 1. The van der Waals surface area contributed by atoms with Gasteiger partial charge in [-0.15, -0.1) is 0 Å². The summed E-state index contributed by atoms with van der Waals surface area (Å²) in [5.41, 5.74) is 0.790. The van der Waals surface area contributed by atoms with Gasteiger partial charge in [0.05, 0.1) is 6.20 Å². The summed E-state index contributed by atoms with van der Waals surface area (Å²) in [6, 6.07) is 0. The minimum absolute atomic E-state index is 0.0894. The number of carbonyl (C=O) groups excluding carboxylic acids is 1. The minimum atomic E-state index is -0.0894. The van der Waals surface area contributed by atoms with E-state index >= 15 is 0 Å². The zero-order chi connectivity index (χ0) is 10.6. The van der Waals surface area contributed by atoms with E-state index < -0.39 is 0 Å². The first kappa shape index (κ1) is 10.8. The van der Waals surface area contributed by atoms with Crippen LogP contribution >= 0.6 is 0 Å². The molecule has 0 aliphatic carbocycles. The number of amides is 1. The lowest BCUT2D eigenvalue weighted by Crippen LogP contribution is -2.27. The summed E-state index contributed by atoms with van der Waals surface area (Å²) < 4.78 is 4.89. The maximum atomic E-state index is 11.7. The number of carbonyl (C=O) groups is 1. The molecule has 1 amide bonds. The van der Waals surface area contributed by atoms with Gasteiger partial charge in [0.1, 0.15) is 0 Å². The maximum Gasteiger partial charge on any atom is 0.292 e. The van der Waals surface area contributed by atoms with Crippen LogP contribution in [0.3, 0.4) is 0 Å². The highest BCUT2D eigenvalue weighted by atomic mass is 16.5. The minimum Gasteiger partial charge on any atom is -0.351 e. The Bertz CT molecular complexity index is 307. The Labute approximate surface area is 83.9 Å². The Morgan fingerprint density at radius 2 is 2.36 bits per heavy atom. The lowest BCUT2D eigenvalue weighted by Gasteiger charge is -2.14. The van der Waals surface area contributed by atoms with Crippen LogP contribution < -0.4 is 0 Å². The van der Waals surface area contributed by atoms with Crippen LogP contribution in [0, 0.1) is 6.92 Å². The van der Waals surface area contributed by atoms with Gasteiger partial charge < -0.3 is 9.42 Å². The number of aromatic nitrogens is 1. The zero-order valence-corrected chi connectivity index (χ0v) is 8.91. The van der Waals surface area contributed by atoms with E-state index in [1.807, 2.05) is 6.92 Å². The van der Waals surface area contributed by atoms with Crippen molar-refractivity contribution < 1.29 is 9.32 Å². The van der Waals surface area contributed by atoms with Gasteiger partial charge in [-0.1, -0.05) is 18.5 Å². The third-order valence-electron chi connectivity index (χ3n) is 2.14. The van der Waals surface area contributed by atoms with E-state index in [1.54, 1.807) is 18.1 Å². The fourth-order valence-electron chi connectivity index (χ4n) is 1.17. The molecule has 0 atom stereocenters. The van der Waals surface area contributed by atoms with E-state index in [-0.39, 0.29) is 5.91 Å². The average molecular weight is 196 g/mol. The van der Waals surface area contributed by atoms with Crippen LogP contribution in [-0.2, 0) is 0 Å². The lowest BCUT2D eigenvalue weighted by atomic mass is 10.2. The van der Waals surface area contributed by atoms with E-state index in [0.29, 0.717) is 5.76 Å². The number of hydrogen-bond acceptors (Lipinski definition) is 3. The van der Waals surface area contributed by atoms with Crippen LogP contribution in [-0.4, -0.2) is 29.6 Å². The monoisotopic (exact) mass is 196 g/mol. The summed E-state index contributed by atoms with van der Waals surface area (Å²) in [4.78, 5) is 13.4. The van der Waals surface area contributed by atoms with E-state index in [2.05, 4.69) is 12.1 Å². The third kappa shape index (κ3) is 2.34. The van der Waals surface area contributed by atoms with Gasteiger partial charge in [0.25, 0.3) is 5.91 Å². The molecule has 0 saturated carbocycles. The van der Waals surface area contributed by atoms with Gasteiger partial charge >= 0.3 is 0 Å². The molecule has 0 fully saturated rings. The molecular formula is C10H16N2O2. The van der Waals surface area contributed by atoms with Crippen LogP contribution in [0.25, 0.3) is 0 Å². The van der Waals surface area contributed by atoms with Gasteiger partial charge in [0, 0.05) is 19.2 Å². The molecule has 0 aromatic carbocycles. The lowest BCUT2D eigenvalue weighted by molar-refractivity contribution is 0.0751. The van der Waals surface area contributed by atoms with Gasteiger partial charge in [-0.2, -0.15) is 0 Å². The molecule has 0 spiro atoms. The molecule has 0 radical (unpaired) electrons. The molecule has 78 valence electrons. The molecular weight excluding hydrogens is 180 g/mol. The largest absolute Gasteiger partial charge is 0.351 e. The van der Waals surface area contributed by atoms with E-state index in [9.17, 15) is 4.79 Å². The second kappa shape index (κ2) is 4.79. The number of hydrogen-bond donors (Lipinski definition) is 0. The fourth-order valence-corrected chi connectivity index (χ4v) is 1.17. The first-order chi connectivity index (χ1) is 6.66. The molecule has 0 aliphatic rings. The molecule has 0 bridgehead atoms. The molecule has 1 aromatic rings. The van der Waals surface area contributed by atoms with E-state index in [4.69, 9.17) is 4.52 Å². The highest BCUT2D eigenvalue weighted by Gasteiger charge is 2.17. The number of nitrogens with zero attached hydrogens (tertiary/aromatic N) is 2. The highest BCUT2D eigenvalue weighted by molar-refractivity contribution is 5.92. The summed E-state index contributed by atoms with van der Waals surface area (Å²) in [7, 11) is 1.78. The Hall–Kier alpha value is -1.32. The van der Waals surface area contributed by atoms with Crippen molar-refractivity contribution in [2.45, 2.75) is 26.7 Å². The van der Waals surface area contributed by atoms with Crippen molar-refractivity contribution in [3.63, 3.8) is 0 Å². The van der Waals surface area contributed by atoms with Crippen molar-refractivity contribution in [1.29, 1.82) is 0 Å². The van der Waals surface area contributed by atoms with Gasteiger partial charge in [-0.25, -0.2) is 0 Å². The summed E-state index contributed by atoms with van der Waals surface area (Å²) in [6.45, 7) is 4.67. The molecule has 1 aromatic heterocycles. The molecule has 1 rings (SSSR count). The summed E-state index contributed by atoms with van der Waals surface area (Å²) in [6.07, 6.45) is 3.64. The van der Waals surface area contributed by atoms with E-state index in [1.165, 1.54) is 0 Å². The molecule has 4 nitrogen and oxygen atoms in total. The molecule has 1 heterocycles. The molecule has 0 saturated heterocycles. The van der Waals surface area contributed by atoms with Gasteiger partial charge in [0.2, 0.25) is 5.76 Å². The van der Waals surface area contributed by atoms with Gasteiger partial charge in [-0.05, 0) is 13.3 Å². The molecule has 0 N–H and O–H groups in total. The van der Waals surface area contributed by atoms with Crippen LogP contribution in [0.4, 0.5) is 0 Å². The molecule has 0 aliphatic heterocycles. The Morgan fingerprint density at radius 3 is 2.86 bits per heavy atom. The second-order valence-corrected chi connectivity index (χ2v) is 3.42. The quantitative estimate of drug-likeness (QED) is 0.738. The molecule has 14 heavy (non-hydrogen) atoms. The Balaban J connectivity index is 2.61. The van der Waals surface area contributed by atoms with Crippen molar-refractivity contribution in [3.05, 3.63) is 17.5 Å². The zero-order valence-electron chi connectivity index (χ0n) is 8.91. The van der Waals surface area contributed by atoms with E-state index in [0.717, 1.165) is 24.9 Å². The summed E-state index contributed by atoms with van der Waals surface area (Å²) in [5, 5.41) is 3.58. The van der Waals surface area contributed by atoms with Crippen molar-refractivity contribution in [1.82, 2.24) is 10.1 Å².